The minimum Gasteiger partial charge on any atom is -0.464 e. The average molecular weight is 312 g/mol. The zero-order valence-corrected chi connectivity index (χ0v) is 11.9. The molecule has 2 aromatic rings. The molecule has 0 atom stereocenters. The van der Waals surface area contributed by atoms with E-state index < -0.39 is 17.6 Å². The van der Waals surface area contributed by atoms with Crippen molar-refractivity contribution in [1.82, 2.24) is 4.98 Å². The standard InChI is InChI=1S/C13H10F2N2O3S/c1-6(18)11-10(12(19)20-2)17-13(21-11)16-8-5-3-4-7(14)9(8)15/h3-5H,1-2H3,(H,16,17). The van der Waals surface area contributed by atoms with Crippen LogP contribution in [0.4, 0.5) is 19.6 Å². The molecule has 1 aromatic carbocycles. The van der Waals surface area contributed by atoms with E-state index in [1.165, 1.54) is 19.1 Å². The Hall–Kier alpha value is -2.35. The number of nitrogens with one attached hydrogen (secondary N) is 1. The van der Waals surface area contributed by atoms with Crippen LogP contribution in [0.1, 0.15) is 27.1 Å². The van der Waals surface area contributed by atoms with Crippen LogP contribution >= 0.6 is 11.3 Å². The van der Waals surface area contributed by atoms with Gasteiger partial charge in [0.05, 0.1) is 12.8 Å². The summed E-state index contributed by atoms with van der Waals surface area (Å²) < 4.78 is 31.2. The van der Waals surface area contributed by atoms with E-state index >= 15 is 0 Å². The summed E-state index contributed by atoms with van der Waals surface area (Å²) >= 11 is 0.859. The van der Waals surface area contributed by atoms with Gasteiger partial charge >= 0.3 is 5.97 Å². The third-order valence-corrected chi connectivity index (χ3v) is 3.59. The Kier molecular flexibility index (Phi) is 4.27. The van der Waals surface area contributed by atoms with Gasteiger partial charge < -0.3 is 10.1 Å². The summed E-state index contributed by atoms with van der Waals surface area (Å²) in [6.07, 6.45) is 0. The van der Waals surface area contributed by atoms with E-state index in [9.17, 15) is 18.4 Å². The third kappa shape index (κ3) is 3.05. The number of carbonyl (C=O) groups excluding carboxylic acids is 2. The van der Waals surface area contributed by atoms with Crippen LogP contribution in [-0.2, 0) is 4.74 Å². The van der Waals surface area contributed by atoms with Crippen LogP contribution in [0.5, 0.6) is 0 Å². The van der Waals surface area contributed by atoms with Crippen molar-refractivity contribution in [2.45, 2.75) is 6.92 Å². The average Bonchev–Trinajstić information content (AvgIpc) is 2.87. The van der Waals surface area contributed by atoms with Crippen LogP contribution < -0.4 is 5.32 Å². The normalized spacial score (nSPS) is 10.3. The maximum Gasteiger partial charge on any atom is 0.358 e. The first-order valence-electron chi connectivity index (χ1n) is 5.75. The number of aromatic nitrogens is 1. The Bertz CT molecular complexity index is 715. The van der Waals surface area contributed by atoms with E-state index in [0.29, 0.717) is 0 Å². The van der Waals surface area contributed by atoms with Gasteiger partial charge in [-0.2, -0.15) is 0 Å². The highest BCUT2D eigenvalue weighted by Crippen LogP contribution is 2.28. The molecule has 1 heterocycles. The molecular formula is C13H10F2N2O3S. The van der Waals surface area contributed by atoms with Crippen molar-refractivity contribution in [3.63, 3.8) is 0 Å². The summed E-state index contributed by atoms with van der Waals surface area (Å²) in [5.74, 6) is -3.24. The van der Waals surface area contributed by atoms with Gasteiger partial charge in [0.1, 0.15) is 4.88 Å². The number of ketones is 1. The lowest BCUT2D eigenvalue weighted by Crippen LogP contribution is -2.07. The van der Waals surface area contributed by atoms with E-state index in [1.54, 1.807) is 0 Å². The lowest BCUT2D eigenvalue weighted by molar-refractivity contribution is 0.0591. The topological polar surface area (TPSA) is 68.3 Å². The Balaban J connectivity index is 2.39. The van der Waals surface area contributed by atoms with Crippen molar-refractivity contribution in [2.75, 3.05) is 12.4 Å². The van der Waals surface area contributed by atoms with Crippen molar-refractivity contribution < 1.29 is 23.1 Å². The summed E-state index contributed by atoms with van der Waals surface area (Å²) in [5.41, 5.74) is -0.301. The highest BCUT2D eigenvalue weighted by Gasteiger charge is 2.22. The molecule has 0 saturated carbocycles. The van der Waals surface area contributed by atoms with Crippen LogP contribution in [0.25, 0.3) is 0 Å². The van der Waals surface area contributed by atoms with Gasteiger partial charge in [-0.15, -0.1) is 0 Å². The number of nitrogens with zero attached hydrogens (tertiary/aromatic N) is 1. The smallest absolute Gasteiger partial charge is 0.358 e. The molecule has 0 bridgehead atoms. The van der Waals surface area contributed by atoms with Crippen molar-refractivity contribution in [3.05, 3.63) is 40.4 Å². The Morgan fingerprint density at radius 1 is 1.33 bits per heavy atom. The minimum absolute atomic E-state index is 0.0844. The monoisotopic (exact) mass is 312 g/mol. The first-order chi connectivity index (χ1) is 9.93. The third-order valence-electron chi connectivity index (χ3n) is 2.52. The fourth-order valence-corrected chi connectivity index (χ4v) is 2.42. The number of esters is 1. The van der Waals surface area contributed by atoms with E-state index in [1.807, 2.05) is 0 Å². The zero-order valence-electron chi connectivity index (χ0n) is 11.1. The number of benzene rings is 1. The Labute approximate surface area is 122 Å². The van der Waals surface area contributed by atoms with E-state index in [2.05, 4.69) is 15.0 Å². The second-order valence-electron chi connectivity index (χ2n) is 3.97. The number of halogens is 2. The van der Waals surface area contributed by atoms with Gasteiger partial charge in [-0.05, 0) is 12.1 Å². The van der Waals surface area contributed by atoms with Crippen LogP contribution in [0.2, 0.25) is 0 Å². The molecule has 0 unspecified atom stereocenters. The lowest BCUT2D eigenvalue weighted by atomic mass is 10.3. The molecule has 5 nitrogen and oxygen atoms in total. The van der Waals surface area contributed by atoms with Gasteiger partial charge in [0.25, 0.3) is 0 Å². The van der Waals surface area contributed by atoms with Crippen molar-refractivity contribution in [1.29, 1.82) is 0 Å². The van der Waals surface area contributed by atoms with Gasteiger partial charge in [-0.3, -0.25) is 4.79 Å². The summed E-state index contributed by atoms with van der Waals surface area (Å²) in [4.78, 5) is 27.0. The molecule has 0 spiro atoms. The molecule has 0 aliphatic heterocycles. The summed E-state index contributed by atoms with van der Waals surface area (Å²) in [7, 11) is 1.16. The number of thiazole rings is 1. The number of anilines is 2. The second-order valence-corrected chi connectivity index (χ2v) is 4.97. The molecule has 0 saturated heterocycles. The van der Waals surface area contributed by atoms with E-state index in [4.69, 9.17) is 0 Å². The maximum atomic E-state index is 13.6. The number of hydrogen-bond donors (Lipinski definition) is 1. The SMILES string of the molecule is COC(=O)c1nc(Nc2cccc(F)c2F)sc1C(C)=O. The fraction of sp³-hybridized carbons (Fsp3) is 0.154. The van der Waals surface area contributed by atoms with Gasteiger partial charge in [-0.1, -0.05) is 17.4 Å². The van der Waals surface area contributed by atoms with Crippen LogP contribution in [0.15, 0.2) is 18.2 Å². The van der Waals surface area contributed by atoms with E-state index in [-0.39, 0.29) is 27.2 Å². The molecule has 0 aliphatic rings. The number of carbonyl (C=O) groups is 2. The largest absolute Gasteiger partial charge is 0.464 e. The molecule has 2 rings (SSSR count). The number of Topliss-reactive ketones (excluding diaryl/α,β-unsaturated/α-hetero) is 1. The van der Waals surface area contributed by atoms with Crippen molar-refractivity contribution >= 4 is 33.9 Å². The molecule has 0 fully saturated rings. The van der Waals surface area contributed by atoms with Crippen molar-refractivity contribution in [3.8, 4) is 0 Å². The van der Waals surface area contributed by atoms with Gasteiger partial charge in [-0.25, -0.2) is 18.6 Å². The first-order valence-corrected chi connectivity index (χ1v) is 6.56. The van der Waals surface area contributed by atoms with Crippen LogP contribution in [0, 0.1) is 11.6 Å². The number of ether oxygens (including phenoxy) is 1. The molecule has 21 heavy (non-hydrogen) atoms. The molecule has 8 heteroatoms. The first kappa shape index (κ1) is 15.0. The van der Waals surface area contributed by atoms with Crippen LogP contribution in [-0.4, -0.2) is 23.8 Å². The molecule has 1 N–H and O–H groups in total. The highest BCUT2D eigenvalue weighted by atomic mass is 32.1. The van der Waals surface area contributed by atoms with Crippen LogP contribution in [0.3, 0.4) is 0 Å². The Morgan fingerprint density at radius 2 is 2.05 bits per heavy atom. The maximum absolute atomic E-state index is 13.6. The summed E-state index contributed by atoms with van der Waals surface area (Å²) in [5, 5.41) is 2.63. The van der Waals surface area contributed by atoms with E-state index in [0.717, 1.165) is 24.5 Å². The number of hydrogen-bond acceptors (Lipinski definition) is 6. The molecule has 0 amide bonds. The molecular weight excluding hydrogens is 302 g/mol. The quantitative estimate of drug-likeness (QED) is 0.694. The highest BCUT2D eigenvalue weighted by molar-refractivity contribution is 7.17. The molecule has 0 radical (unpaired) electrons. The predicted octanol–water partition coefficient (Wildman–Crippen LogP) is 3.15. The fourth-order valence-electron chi connectivity index (χ4n) is 1.56. The summed E-state index contributed by atoms with van der Waals surface area (Å²) in [6.45, 7) is 1.27. The molecule has 0 aliphatic carbocycles. The Morgan fingerprint density at radius 3 is 2.67 bits per heavy atom. The van der Waals surface area contributed by atoms with Crippen molar-refractivity contribution in [2.24, 2.45) is 0 Å². The number of rotatable bonds is 4. The van der Waals surface area contributed by atoms with Gasteiger partial charge in [0.2, 0.25) is 0 Å². The number of methoxy groups -OCH3 is 1. The predicted molar refractivity (Wildman–Crippen MR) is 73.1 cm³/mol. The summed E-state index contributed by atoms with van der Waals surface area (Å²) in [6, 6.07) is 3.61. The van der Waals surface area contributed by atoms with Gasteiger partial charge in [0.15, 0.2) is 28.2 Å². The zero-order chi connectivity index (χ0) is 15.6. The molecule has 1 aromatic heterocycles. The minimum atomic E-state index is -1.07. The van der Waals surface area contributed by atoms with Gasteiger partial charge in [0, 0.05) is 6.92 Å². The second kappa shape index (κ2) is 5.96. The lowest BCUT2D eigenvalue weighted by Gasteiger charge is -2.03. The molecule has 110 valence electrons.